The summed E-state index contributed by atoms with van der Waals surface area (Å²) in [5.74, 6) is -0.0902. The summed E-state index contributed by atoms with van der Waals surface area (Å²) in [5.41, 5.74) is -0.0299. The van der Waals surface area contributed by atoms with Gasteiger partial charge in [-0.1, -0.05) is 37.8 Å². The SMILES string of the molecule is CSc1ccccc1C(=O)NCC1(O)CCCCCC1. The van der Waals surface area contributed by atoms with Gasteiger partial charge < -0.3 is 10.4 Å². The van der Waals surface area contributed by atoms with Gasteiger partial charge in [0.1, 0.15) is 0 Å². The molecule has 1 aromatic carbocycles. The minimum Gasteiger partial charge on any atom is -0.388 e. The van der Waals surface area contributed by atoms with Crippen LogP contribution in [0.5, 0.6) is 0 Å². The number of hydrogen-bond acceptors (Lipinski definition) is 3. The Bertz CT molecular complexity index is 454. The predicted octanol–water partition coefficient (Wildman–Crippen LogP) is 3.22. The van der Waals surface area contributed by atoms with Crippen molar-refractivity contribution in [2.75, 3.05) is 12.8 Å². The Kier molecular flexibility index (Phi) is 5.49. The number of carbonyl (C=O) groups is 1. The number of thioether (sulfide) groups is 1. The van der Waals surface area contributed by atoms with Gasteiger partial charge in [0.15, 0.2) is 0 Å². The molecule has 0 atom stereocenters. The molecule has 1 aliphatic carbocycles. The molecule has 20 heavy (non-hydrogen) atoms. The highest BCUT2D eigenvalue weighted by molar-refractivity contribution is 7.98. The zero-order chi connectivity index (χ0) is 14.4. The average Bonchev–Trinajstić information content (AvgIpc) is 2.70. The standard InChI is InChI=1S/C16H23NO2S/c1-20-14-9-5-4-8-13(14)15(18)17-12-16(19)10-6-2-3-7-11-16/h4-5,8-9,19H,2-3,6-7,10-12H2,1H3,(H,17,18). The van der Waals surface area contributed by atoms with E-state index in [0.29, 0.717) is 12.1 Å². The van der Waals surface area contributed by atoms with E-state index in [2.05, 4.69) is 5.32 Å². The second kappa shape index (κ2) is 7.14. The van der Waals surface area contributed by atoms with Gasteiger partial charge in [0.2, 0.25) is 0 Å². The fourth-order valence-corrected chi connectivity index (χ4v) is 3.33. The fraction of sp³-hybridized carbons (Fsp3) is 0.562. The van der Waals surface area contributed by atoms with Crippen LogP contribution in [-0.2, 0) is 0 Å². The van der Waals surface area contributed by atoms with Crippen molar-refractivity contribution in [3.63, 3.8) is 0 Å². The summed E-state index contributed by atoms with van der Waals surface area (Å²) in [7, 11) is 0. The Hall–Kier alpha value is -1.00. The molecule has 1 amide bonds. The maximum Gasteiger partial charge on any atom is 0.252 e. The van der Waals surface area contributed by atoms with E-state index in [0.717, 1.165) is 30.6 Å². The van der Waals surface area contributed by atoms with Crippen molar-refractivity contribution in [1.82, 2.24) is 5.32 Å². The third-order valence-corrected chi connectivity index (χ3v) is 4.76. The third-order valence-electron chi connectivity index (χ3n) is 3.96. The number of carbonyl (C=O) groups excluding carboxylic acids is 1. The highest BCUT2D eigenvalue weighted by Gasteiger charge is 2.28. The molecule has 1 aromatic rings. The lowest BCUT2D eigenvalue weighted by atomic mass is 9.94. The molecule has 110 valence electrons. The van der Waals surface area contributed by atoms with Crippen LogP contribution < -0.4 is 5.32 Å². The van der Waals surface area contributed by atoms with Crippen molar-refractivity contribution in [2.45, 2.75) is 49.0 Å². The Labute approximate surface area is 125 Å². The molecule has 3 nitrogen and oxygen atoms in total. The summed E-state index contributed by atoms with van der Waals surface area (Å²) >= 11 is 1.56. The lowest BCUT2D eigenvalue weighted by Gasteiger charge is -2.27. The predicted molar refractivity (Wildman–Crippen MR) is 83.2 cm³/mol. The molecule has 0 radical (unpaired) electrons. The van der Waals surface area contributed by atoms with E-state index < -0.39 is 5.60 Å². The monoisotopic (exact) mass is 293 g/mol. The first-order chi connectivity index (χ1) is 9.64. The van der Waals surface area contributed by atoms with Crippen LogP contribution in [0.2, 0.25) is 0 Å². The Morgan fingerprint density at radius 2 is 1.90 bits per heavy atom. The molecule has 1 fully saturated rings. The summed E-state index contributed by atoms with van der Waals surface area (Å²) < 4.78 is 0. The van der Waals surface area contributed by atoms with Crippen LogP contribution in [-0.4, -0.2) is 29.4 Å². The van der Waals surface area contributed by atoms with E-state index in [4.69, 9.17) is 0 Å². The first-order valence-electron chi connectivity index (χ1n) is 7.28. The van der Waals surface area contributed by atoms with Gasteiger partial charge >= 0.3 is 0 Å². The smallest absolute Gasteiger partial charge is 0.252 e. The zero-order valence-electron chi connectivity index (χ0n) is 12.0. The minimum atomic E-state index is -0.722. The molecular weight excluding hydrogens is 270 g/mol. The molecular formula is C16H23NO2S. The fourth-order valence-electron chi connectivity index (χ4n) is 2.74. The number of rotatable bonds is 4. The molecule has 1 aliphatic rings. The quantitative estimate of drug-likeness (QED) is 0.662. The van der Waals surface area contributed by atoms with Gasteiger partial charge in [-0.25, -0.2) is 0 Å². The number of aliphatic hydroxyl groups is 1. The van der Waals surface area contributed by atoms with Crippen molar-refractivity contribution in [1.29, 1.82) is 0 Å². The largest absolute Gasteiger partial charge is 0.388 e. The number of benzene rings is 1. The van der Waals surface area contributed by atoms with Gasteiger partial charge in [-0.2, -0.15) is 0 Å². The highest BCUT2D eigenvalue weighted by Crippen LogP contribution is 2.26. The Balaban J connectivity index is 1.97. The zero-order valence-corrected chi connectivity index (χ0v) is 12.8. The molecule has 0 saturated heterocycles. The summed E-state index contributed by atoms with van der Waals surface area (Å²) in [5, 5.41) is 13.5. The summed E-state index contributed by atoms with van der Waals surface area (Å²) in [4.78, 5) is 13.2. The van der Waals surface area contributed by atoms with Gasteiger partial charge in [0.05, 0.1) is 11.2 Å². The summed E-state index contributed by atoms with van der Waals surface area (Å²) in [6.07, 6.45) is 8.01. The van der Waals surface area contributed by atoms with Crippen LogP contribution >= 0.6 is 11.8 Å². The second-order valence-electron chi connectivity index (χ2n) is 5.52. The van der Waals surface area contributed by atoms with Gasteiger partial charge in [-0.05, 0) is 31.2 Å². The van der Waals surface area contributed by atoms with E-state index in [9.17, 15) is 9.90 Å². The topological polar surface area (TPSA) is 49.3 Å². The van der Waals surface area contributed by atoms with E-state index in [1.54, 1.807) is 11.8 Å². The van der Waals surface area contributed by atoms with Crippen LogP contribution in [0.1, 0.15) is 48.9 Å². The second-order valence-corrected chi connectivity index (χ2v) is 6.37. The normalized spacial score (nSPS) is 18.3. The summed E-state index contributed by atoms with van der Waals surface area (Å²) in [6.45, 7) is 0.356. The van der Waals surface area contributed by atoms with E-state index in [1.807, 2.05) is 30.5 Å². The molecule has 2 N–H and O–H groups in total. The Morgan fingerprint density at radius 1 is 1.25 bits per heavy atom. The van der Waals surface area contributed by atoms with Crippen LogP contribution in [0.15, 0.2) is 29.2 Å². The van der Waals surface area contributed by atoms with Gasteiger partial charge in [0, 0.05) is 11.4 Å². The first kappa shape index (κ1) is 15.4. The number of nitrogens with one attached hydrogen (secondary N) is 1. The molecule has 0 spiro atoms. The molecule has 4 heteroatoms. The molecule has 0 unspecified atom stereocenters. The number of hydrogen-bond donors (Lipinski definition) is 2. The van der Waals surface area contributed by atoms with Crippen molar-refractivity contribution in [2.24, 2.45) is 0 Å². The molecule has 2 rings (SSSR count). The molecule has 0 bridgehead atoms. The first-order valence-corrected chi connectivity index (χ1v) is 8.51. The van der Waals surface area contributed by atoms with Crippen LogP contribution in [0, 0.1) is 0 Å². The molecule has 0 heterocycles. The van der Waals surface area contributed by atoms with Crippen LogP contribution in [0.25, 0.3) is 0 Å². The van der Waals surface area contributed by atoms with Crippen molar-refractivity contribution in [3.8, 4) is 0 Å². The Morgan fingerprint density at radius 3 is 2.55 bits per heavy atom. The maximum atomic E-state index is 12.3. The van der Waals surface area contributed by atoms with Crippen molar-refractivity contribution >= 4 is 17.7 Å². The van der Waals surface area contributed by atoms with E-state index in [-0.39, 0.29) is 5.91 Å². The lowest BCUT2D eigenvalue weighted by Crippen LogP contribution is -2.42. The number of amides is 1. The highest BCUT2D eigenvalue weighted by atomic mass is 32.2. The molecule has 0 aliphatic heterocycles. The van der Waals surface area contributed by atoms with E-state index in [1.165, 1.54) is 12.8 Å². The van der Waals surface area contributed by atoms with E-state index >= 15 is 0 Å². The van der Waals surface area contributed by atoms with Gasteiger partial charge in [-0.3, -0.25) is 4.79 Å². The summed E-state index contributed by atoms with van der Waals surface area (Å²) in [6, 6.07) is 7.58. The van der Waals surface area contributed by atoms with Crippen LogP contribution in [0.4, 0.5) is 0 Å². The average molecular weight is 293 g/mol. The molecule has 1 saturated carbocycles. The molecule has 0 aromatic heterocycles. The minimum absolute atomic E-state index is 0.0902. The van der Waals surface area contributed by atoms with Crippen LogP contribution in [0.3, 0.4) is 0 Å². The van der Waals surface area contributed by atoms with Crippen molar-refractivity contribution in [3.05, 3.63) is 29.8 Å². The third kappa shape index (κ3) is 4.00. The van der Waals surface area contributed by atoms with Crippen molar-refractivity contribution < 1.29 is 9.90 Å². The lowest BCUT2D eigenvalue weighted by molar-refractivity contribution is 0.0246. The maximum absolute atomic E-state index is 12.3. The van der Waals surface area contributed by atoms with Gasteiger partial charge in [0.25, 0.3) is 5.91 Å². The van der Waals surface area contributed by atoms with Gasteiger partial charge in [-0.15, -0.1) is 11.8 Å².